The van der Waals surface area contributed by atoms with Gasteiger partial charge in [0.25, 0.3) is 0 Å². The van der Waals surface area contributed by atoms with Gasteiger partial charge in [-0.25, -0.2) is 0 Å². The van der Waals surface area contributed by atoms with Gasteiger partial charge in [-0.3, -0.25) is 9.59 Å². The normalized spacial score (nSPS) is 10.8. The van der Waals surface area contributed by atoms with Gasteiger partial charge in [-0.05, 0) is 12.2 Å². The molecule has 0 aromatic carbocycles. The standard InChI is InChI=1S/C7H10O6S2/c8-3-7(1-4(9)10,2-5(11)12)13-6(14)15/h8H,1-3H2,(H,9,10)(H,11,12)(H,14,15). The van der Waals surface area contributed by atoms with Crippen molar-refractivity contribution in [2.75, 3.05) is 6.61 Å². The number of ether oxygens (including phenoxy) is 1. The summed E-state index contributed by atoms with van der Waals surface area (Å²) in [5.41, 5.74) is -1.75. The summed E-state index contributed by atoms with van der Waals surface area (Å²) in [6.45, 7) is -0.772. The number of aliphatic hydroxyl groups excluding tert-OH is 1. The van der Waals surface area contributed by atoms with Crippen LogP contribution in [0.3, 0.4) is 0 Å². The van der Waals surface area contributed by atoms with Crippen molar-refractivity contribution in [3.63, 3.8) is 0 Å². The van der Waals surface area contributed by atoms with Crippen molar-refractivity contribution in [2.24, 2.45) is 0 Å². The van der Waals surface area contributed by atoms with Crippen LogP contribution in [0.25, 0.3) is 0 Å². The van der Waals surface area contributed by atoms with Crippen molar-refractivity contribution < 1.29 is 29.6 Å². The minimum absolute atomic E-state index is 0.313. The molecule has 0 aliphatic heterocycles. The molecule has 0 aliphatic rings. The monoisotopic (exact) mass is 254 g/mol. The Kier molecular flexibility index (Phi) is 5.55. The third kappa shape index (κ3) is 5.55. The van der Waals surface area contributed by atoms with E-state index in [9.17, 15) is 9.59 Å². The Labute approximate surface area is 96.3 Å². The lowest BCUT2D eigenvalue weighted by atomic mass is 9.96. The van der Waals surface area contributed by atoms with Crippen LogP contribution >= 0.6 is 24.8 Å². The second kappa shape index (κ2) is 5.89. The van der Waals surface area contributed by atoms with Crippen LogP contribution in [0.15, 0.2) is 0 Å². The largest absolute Gasteiger partial charge is 0.481 e. The Bertz CT molecular complexity index is 236. The zero-order valence-corrected chi connectivity index (χ0v) is 9.25. The molecule has 0 unspecified atom stereocenters. The maximum absolute atomic E-state index is 10.5. The van der Waals surface area contributed by atoms with Crippen LogP contribution < -0.4 is 0 Å². The number of carboxylic acids is 2. The Morgan fingerprint density at radius 2 is 1.67 bits per heavy atom. The van der Waals surface area contributed by atoms with E-state index >= 15 is 0 Å². The average Bonchev–Trinajstić information content (AvgIpc) is 1.99. The second-order valence-electron chi connectivity index (χ2n) is 2.85. The molecule has 8 heteroatoms. The summed E-state index contributed by atoms with van der Waals surface area (Å²) in [5, 5.41) is 26.1. The number of carbonyl (C=O) groups is 2. The summed E-state index contributed by atoms with van der Waals surface area (Å²) in [6, 6.07) is 0. The Hall–Kier alpha value is -0.860. The summed E-state index contributed by atoms with van der Waals surface area (Å²) in [5.74, 6) is -2.59. The van der Waals surface area contributed by atoms with Crippen molar-refractivity contribution in [1.29, 1.82) is 0 Å². The predicted octanol–water partition coefficient (Wildman–Crippen LogP) is -0.102. The molecule has 3 N–H and O–H groups in total. The maximum Gasteiger partial charge on any atom is 0.307 e. The topological polar surface area (TPSA) is 104 Å². The van der Waals surface area contributed by atoms with E-state index in [2.05, 4.69) is 24.8 Å². The summed E-state index contributed by atoms with van der Waals surface area (Å²) in [4.78, 5) is 21.0. The van der Waals surface area contributed by atoms with Gasteiger partial charge in [-0.1, -0.05) is 12.6 Å². The van der Waals surface area contributed by atoms with Gasteiger partial charge in [0.2, 0.25) is 4.38 Å². The minimum atomic E-state index is -1.75. The minimum Gasteiger partial charge on any atom is -0.481 e. The van der Waals surface area contributed by atoms with Crippen LogP contribution in [0.1, 0.15) is 12.8 Å². The molecule has 0 rings (SSSR count). The highest BCUT2D eigenvalue weighted by molar-refractivity contribution is 8.10. The number of thiol groups is 1. The molecule has 0 atom stereocenters. The maximum atomic E-state index is 10.5. The number of thiocarbonyl (C=S) groups is 1. The van der Waals surface area contributed by atoms with E-state index in [0.717, 1.165) is 0 Å². The molecule has 0 heterocycles. The number of rotatable bonds is 6. The van der Waals surface area contributed by atoms with Gasteiger partial charge in [0.15, 0.2) is 5.60 Å². The lowest BCUT2D eigenvalue weighted by Crippen LogP contribution is -2.42. The Morgan fingerprint density at radius 1 is 1.27 bits per heavy atom. The summed E-state index contributed by atoms with van der Waals surface area (Å²) in [6.07, 6.45) is -1.34. The van der Waals surface area contributed by atoms with Crippen LogP contribution in [-0.2, 0) is 14.3 Å². The molecule has 0 amide bonds. The van der Waals surface area contributed by atoms with E-state index in [1.807, 2.05) is 0 Å². The quantitative estimate of drug-likeness (QED) is 0.387. The molecule has 0 spiro atoms. The molecule has 0 fully saturated rings. The average molecular weight is 254 g/mol. The lowest BCUT2D eigenvalue weighted by molar-refractivity contribution is -0.149. The predicted molar refractivity (Wildman–Crippen MR) is 57.0 cm³/mol. The second-order valence-corrected chi connectivity index (χ2v) is 3.93. The van der Waals surface area contributed by atoms with Crippen molar-refractivity contribution in [2.45, 2.75) is 18.4 Å². The molecule has 86 valence electrons. The first kappa shape index (κ1) is 14.1. The van der Waals surface area contributed by atoms with Crippen molar-refractivity contribution in [3.05, 3.63) is 0 Å². The van der Waals surface area contributed by atoms with E-state index < -0.39 is 37.0 Å². The molecular weight excluding hydrogens is 244 g/mol. The van der Waals surface area contributed by atoms with Gasteiger partial charge in [-0.15, -0.1) is 0 Å². The number of hydrogen-bond donors (Lipinski definition) is 4. The summed E-state index contributed by atoms with van der Waals surface area (Å²) >= 11 is 8.06. The van der Waals surface area contributed by atoms with Crippen LogP contribution in [0, 0.1) is 0 Å². The zero-order chi connectivity index (χ0) is 12.1. The molecular formula is C7H10O6S2. The molecule has 0 bridgehead atoms. The van der Waals surface area contributed by atoms with Gasteiger partial charge in [0.05, 0.1) is 19.4 Å². The molecule has 6 nitrogen and oxygen atoms in total. The third-order valence-corrected chi connectivity index (χ3v) is 1.71. The van der Waals surface area contributed by atoms with Crippen LogP contribution in [0.4, 0.5) is 0 Å². The SMILES string of the molecule is O=C(O)CC(CO)(CC(=O)O)OC(=S)S. The highest BCUT2D eigenvalue weighted by Crippen LogP contribution is 2.22. The smallest absolute Gasteiger partial charge is 0.307 e. The third-order valence-electron chi connectivity index (χ3n) is 1.54. The summed E-state index contributed by atoms with van der Waals surface area (Å²) in [7, 11) is 0. The lowest BCUT2D eigenvalue weighted by Gasteiger charge is -2.28. The Balaban J connectivity index is 4.81. The molecule has 0 saturated heterocycles. The van der Waals surface area contributed by atoms with Gasteiger partial charge < -0.3 is 20.1 Å². The molecule has 0 aromatic rings. The molecule has 15 heavy (non-hydrogen) atoms. The fourth-order valence-corrected chi connectivity index (χ4v) is 1.39. The van der Waals surface area contributed by atoms with Crippen LogP contribution in [0.5, 0.6) is 0 Å². The van der Waals surface area contributed by atoms with Crippen molar-refractivity contribution in [1.82, 2.24) is 0 Å². The molecule has 0 saturated carbocycles. The number of hydrogen-bond acceptors (Lipinski definition) is 5. The fraction of sp³-hybridized carbons (Fsp3) is 0.571. The van der Waals surface area contributed by atoms with Gasteiger partial charge in [-0.2, -0.15) is 0 Å². The van der Waals surface area contributed by atoms with Crippen molar-refractivity contribution in [3.8, 4) is 0 Å². The van der Waals surface area contributed by atoms with Gasteiger partial charge >= 0.3 is 11.9 Å². The van der Waals surface area contributed by atoms with E-state index in [1.54, 1.807) is 0 Å². The Morgan fingerprint density at radius 3 is 1.87 bits per heavy atom. The highest BCUT2D eigenvalue weighted by atomic mass is 32.1. The number of aliphatic hydroxyl groups is 1. The first-order chi connectivity index (χ1) is 6.81. The molecule has 0 aromatic heterocycles. The van der Waals surface area contributed by atoms with Crippen LogP contribution in [-0.4, -0.2) is 43.8 Å². The van der Waals surface area contributed by atoms with Gasteiger partial charge in [0.1, 0.15) is 0 Å². The molecule has 0 aliphatic carbocycles. The van der Waals surface area contributed by atoms with Crippen LogP contribution in [0.2, 0.25) is 0 Å². The fourth-order valence-electron chi connectivity index (χ4n) is 1.02. The van der Waals surface area contributed by atoms with E-state index in [-0.39, 0.29) is 4.38 Å². The highest BCUT2D eigenvalue weighted by Gasteiger charge is 2.37. The van der Waals surface area contributed by atoms with E-state index in [0.29, 0.717) is 0 Å². The number of aliphatic carboxylic acids is 2. The molecule has 0 radical (unpaired) electrons. The number of carboxylic acid groups (broad SMARTS) is 2. The first-order valence-corrected chi connectivity index (χ1v) is 4.63. The summed E-state index contributed by atoms with van der Waals surface area (Å²) < 4.78 is 4.48. The first-order valence-electron chi connectivity index (χ1n) is 3.78. The van der Waals surface area contributed by atoms with E-state index in [1.165, 1.54) is 0 Å². The van der Waals surface area contributed by atoms with E-state index in [4.69, 9.17) is 20.1 Å². The van der Waals surface area contributed by atoms with Crippen molar-refractivity contribution >= 4 is 41.2 Å². The van der Waals surface area contributed by atoms with Gasteiger partial charge in [0, 0.05) is 0 Å². The zero-order valence-electron chi connectivity index (χ0n) is 7.54.